The van der Waals surface area contributed by atoms with Crippen LogP contribution in [0.25, 0.3) is 0 Å². The van der Waals surface area contributed by atoms with Gasteiger partial charge in [0.25, 0.3) is 0 Å². The van der Waals surface area contributed by atoms with Crippen molar-refractivity contribution < 1.29 is 9.13 Å². The van der Waals surface area contributed by atoms with Gasteiger partial charge in [0, 0.05) is 6.07 Å². The van der Waals surface area contributed by atoms with E-state index in [4.69, 9.17) is 15.8 Å². The van der Waals surface area contributed by atoms with Crippen LogP contribution in [0.1, 0.15) is 5.56 Å². The molecule has 1 heterocycles. The van der Waals surface area contributed by atoms with Gasteiger partial charge in [-0.2, -0.15) is 10.2 Å². The normalized spacial score (nSPS) is 9.61. The zero-order valence-corrected chi connectivity index (χ0v) is 9.09. The number of nitrogens with one attached hydrogen (secondary N) is 1. The second kappa shape index (κ2) is 5.07. The zero-order chi connectivity index (χ0) is 13.0. The highest BCUT2D eigenvalue weighted by molar-refractivity contribution is 5.38. The molecule has 90 valence electrons. The molecule has 1 aromatic heterocycles. The minimum absolute atomic E-state index is 0.0502. The Morgan fingerprint density at radius 2 is 2.22 bits per heavy atom. The van der Waals surface area contributed by atoms with Crippen LogP contribution in [0.2, 0.25) is 0 Å². The van der Waals surface area contributed by atoms with Crippen molar-refractivity contribution in [3.8, 4) is 17.7 Å². The van der Waals surface area contributed by atoms with Crippen LogP contribution in [0, 0.1) is 17.1 Å². The molecule has 6 nitrogen and oxygen atoms in total. The Labute approximate surface area is 102 Å². The number of halogens is 1. The maximum Gasteiger partial charge on any atom is 0.239 e. The van der Waals surface area contributed by atoms with Crippen molar-refractivity contribution in [3.63, 3.8) is 0 Å². The van der Waals surface area contributed by atoms with Crippen molar-refractivity contribution >= 4 is 5.82 Å². The fourth-order valence-corrected chi connectivity index (χ4v) is 1.24. The van der Waals surface area contributed by atoms with Crippen molar-refractivity contribution in [2.24, 2.45) is 5.84 Å². The molecule has 2 aromatic rings. The summed E-state index contributed by atoms with van der Waals surface area (Å²) in [6.07, 6.45) is 2.77. The van der Waals surface area contributed by atoms with E-state index in [0.29, 0.717) is 5.82 Å². The fraction of sp³-hybridized carbons (Fsp3) is 0. The lowest BCUT2D eigenvalue weighted by Crippen LogP contribution is -2.09. The lowest BCUT2D eigenvalue weighted by Gasteiger charge is -2.06. The Bertz CT molecular complexity index is 611. The minimum atomic E-state index is -0.656. The summed E-state index contributed by atoms with van der Waals surface area (Å²) in [5.41, 5.74) is 2.26. The number of anilines is 1. The van der Waals surface area contributed by atoms with Crippen LogP contribution in [0.15, 0.2) is 30.6 Å². The van der Waals surface area contributed by atoms with E-state index in [1.165, 1.54) is 24.5 Å². The molecule has 0 fully saturated rings. The summed E-state index contributed by atoms with van der Waals surface area (Å²) in [5, 5.41) is 8.59. The number of nitriles is 1. The number of hydrogen-bond donors (Lipinski definition) is 2. The molecule has 0 aliphatic heterocycles. The van der Waals surface area contributed by atoms with Crippen LogP contribution in [0.3, 0.4) is 0 Å². The number of nitrogens with two attached hydrogens (primary N) is 1. The minimum Gasteiger partial charge on any atom is -0.437 e. The molecule has 0 saturated heterocycles. The summed E-state index contributed by atoms with van der Waals surface area (Å²) in [7, 11) is 0. The van der Waals surface area contributed by atoms with Crippen LogP contribution >= 0.6 is 0 Å². The Morgan fingerprint density at radius 1 is 1.39 bits per heavy atom. The largest absolute Gasteiger partial charge is 0.437 e. The molecule has 0 saturated carbocycles. The number of hydrazine groups is 1. The lowest BCUT2D eigenvalue weighted by atomic mass is 10.2. The molecule has 0 bridgehead atoms. The average molecular weight is 245 g/mol. The Balaban J connectivity index is 2.23. The first kappa shape index (κ1) is 11.8. The predicted octanol–water partition coefficient (Wildman–Crippen LogP) is 1.57. The maximum absolute atomic E-state index is 13.3. The summed E-state index contributed by atoms with van der Waals surface area (Å²) < 4.78 is 18.6. The number of benzene rings is 1. The average Bonchev–Trinajstić information content (AvgIpc) is 2.39. The zero-order valence-electron chi connectivity index (χ0n) is 9.09. The molecule has 2 rings (SSSR count). The van der Waals surface area contributed by atoms with Crippen molar-refractivity contribution in [1.29, 1.82) is 5.26 Å². The monoisotopic (exact) mass is 245 g/mol. The second-order valence-electron chi connectivity index (χ2n) is 3.24. The summed E-state index contributed by atoms with van der Waals surface area (Å²) in [4.78, 5) is 7.78. The summed E-state index contributed by atoms with van der Waals surface area (Å²) >= 11 is 0. The third-order valence-corrected chi connectivity index (χ3v) is 2.04. The second-order valence-corrected chi connectivity index (χ2v) is 3.24. The summed E-state index contributed by atoms with van der Waals surface area (Å²) in [5.74, 6) is 5.21. The third-order valence-electron chi connectivity index (χ3n) is 2.04. The van der Waals surface area contributed by atoms with E-state index in [9.17, 15) is 4.39 Å². The van der Waals surface area contributed by atoms with Gasteiger partial charge in [-0.05, 0) is 12.1 Å². The van der Waals surface area contributed by atoms with E-state index < -0.39 is 5.82 Å². The number of ether oxygens (including phenoxy) is 1. The van der Waals surface area contributed by atoms with Crippen molar-refractivity contribution in [2.45, 2.75) is 0 Å². The van der Waals surface area contributed by atoms with Crippen molar-refractivity contribution in [2.75, 3.05) is 5.43 Å². The van der Waals surface area contributed by atoms with Gasteiger partial charge in [0.1, 0.15) is 17.6 Å². The molecule has 7 heteroatoms. The highest BCUT2D eigenvalue weighted by atomic mass is 19.1. The van der Waals surface area contributed by atoms with Gasteiger partial charge in [0.15, 0.2) is 5.82 Å². The number of nitrogens with zero attached hydrogens (tertiary/aromatic N) is 3. The van der Waals surface area contributed by atoms with Gasteiger partial charge in [0.2, 0.25) is 5.88 Å². The van der Waals surface area contributed by atoms with E-state index in [2.05, 4.69) is 15.4 Å². The van der Waals surface area contributed by atoms with Gasteiger partial charge in [-0.15, -0.1) is 0 Å². The molecular formula is C11H8FN5O. The third kappa shape index (κ3) is 2.50. The van der Waals surface area contributed by atoms with E-state index in [-0.39, 0.29) is 17.2 Å². The molecule has 1 aromatic carbocycles. The summed E-state index contributed by atoms with van der Waals surface area (Å²) in [6.45, 7) is 0. The first-order chi connectivity index (χ1) is 8.72. The summed E-state index contributed by atoms with van der Waals surface area (Å²) in [6, 6.07) is 5.61. The lowest BCUT2D eigenvalue weighted by molar-refractivity contribution is 0.456. The smallest absolute Gasteiger partial charge is 0.239 e. The van der Waals surface area contributed by atoms with Crippen LogP contribution in [0.5, 0.6) is 11.6 Å². The van der Waals surface area contributed by atoms with Crippen molar-refractivity contribution in [3.05, 3.63) is 42.0 Å². The first-order valence-electron chi connectivity index (χ1n) is 4.89. The van der Waals surface area contributed by atoms with E-state index in [0.717, 1.165) is 6.07 Å². The van der Waals surface area contributed by atoms with E-state index >= 15 is 0 Å². The van der Waals surface area contributed by atoms with Gasteiger partial charge in [-0.1, -0.05) is 0 Å². The predicted molar refractivity (Wildman–Crippen MR) is 61.0 cm³/mol. The van der Waals surface area contributed by atoms with Crippen LogP contribution in [-0.2, 0) is 0 Å². The Kier molecular flexibility index (Phi) is 3.31. The molecule has 0 atom stereocenters. The van der Waals surface area contributed by atoms with Gasteiger partial charge < -0.3 is 10.2 Å². The van der Waals surface area contributed by atoms with Crippen LogP contribution < -0.4 is 16.0 Å². The topological polar surface area (TPSA) is 96.8 Å². The molecule has 0 aliphatic rings. The molecule has 0 radical (unpaired) electrons. The van der Waals surface area contributed by atoms with Crippen LogP contribution in [-0.4, -0.2) is 9.97 Å². The Hall–Kier alpha value is -2.72. The molecule has 0 spiro atoms. The molecule has 3 N–H and O–H groups in total. The number of aromatic nitrogens is 2. The van der Waals surface area contributed by atoms with E-state index in [1.807, 2.05) is 0 Å². The highest BCUT2D eigenvalue weighted by Gasteiger charge is 2.05. The fourth-order valence-electron chi connectivity index (χ4n) is 1.24. The van der Waals surface area contributed by atoms with E-state index in [1.54, 1.807) is 6.07 Å². The van der Waals surface area contributed by atoms with Gasteiger partial charge in [-0.25, -0.2) is 10.2 Å². The molecule has 18 heavy (non-hydrogen) atoms. The van der Waals surface area contributed by atoms with Crippen LogP contribution in [0.4, 0.5) is 10.2 Å². The van der Waals surface area contributed by atoms with Gasteiger partial charge in [0.05, 0.1) is 18.0 Å². The SMILES string of the molecule is N#Cc1ccc(Oc2cncc(NN)n2)cc1F. The first-order valence-corrected chi connectivity index (χ1v) is 4.89. The number of rotatable bonds is 3. The van der Waals surface area contributed by atoms with Crippen molar-refractivity contribution in [1.82, 2.24) is 9.97 Å². The number of nitrogen functional groups attached to an aromatic ring is 1. The highest BCUT2D eigenvalue weighted by Crippen LogP contribution is 2.21. The molecule has 0 aliphatic carbocycles. The Morgan fingerprint density at radius 3 is 2.89 bits per heavy atom. The maximum atomic E-state index is 13.3. The van der Waals surface area contributed by atoms with Gasteiger partial charge >= 0.3 is 0 Å². The molecule has 0 unspecified atom stereocenters. The quantitative estimate of drug-likeness (QED) is 0.629. The standard InChI is InChI=1S/C11H8FN5O/c12-9-3-8(2-1-7(9)4-13)18-11-6-15-5-10(16-11)17-14/h1-3,5-6H,14H2,(H,16,17). The number of hydrogen-bond acceptors (Lipinski definition) is 6. The van der Waals surface area contributed by atoms with Gasteiger partial charge in [-0.3, -0.25) is 4.98 Å². The molecule has 0 amide bonds. The molecular weight excluding hydrogens is 237 g/mol.